The van der Waals surface area contributed by atoms with Gasteiger partial charge in [0.2, 0.25) is 8.67 Å². The van der Waals surface area contributed by atoms with Crippen LogP contribution in [0.3, 0.4) is 0 Å². The zero-order valence-corrected chi connectivity index (χ0v) is 22.6. The van der Waals surface area contributed by atoms with Gasteiger partial charge in [-0.2, -0.15) is 0 Å². The number of ether oxygens (including phenoxy) is 2. The Morgan fingerprint density at radius 2 is 1.12 bits per heavy atom. The molecular formula is C22H28Cl6O4. The lowest BCUT2D eigenvalue weighted by Crippen LogP contribution is -2.35. The molecule has 0 aliphatic carbocycles. The van der Waals surface area contributed by atoms with E-state index in [2.05, 4.69) is 0 Å². The van der Waals surface area contributed by atoms with E-state index in [1.54, 1.807) is 12.1 Å². The first kappa shape index (κ1) is 29.9. The number of rotatable bonds is 14. The number of halogens is 6. The second-order valence-electron chi connectivity index (χ2n) is 7.52. The lowest BCUT2D eigenvalue weighted by Gasteiger charge is -2.23. The molecule has 1 aromatic carbocycles. The highest BCUT2D eigenvalue weighted by molar-refractivity contribution is 6.58. The zero-order valence-electron chi connectivity index (χ0n) is 18.0. The highest BCUT2D eigenvalue weighted by Gasteiger charge is 2.40. The van der Waals surface area contributed by atoms with E-state index in [1.165, 1.54) is 12.1 Å². The van der Waals surface area contributed by atoms with Gasteiger partial charge in [0.1, 0.15) is 0 Å². The lowest BCUT2D eigenvalue weighted by molar-refractivity contribution is -0.138. The Morgan fingerprint density at radius 1 is 0.781 bits per heavy atom. The van der Waals surface area contributed by atoms with Crippen LogP contribution in [0.5, 0.6) is 11.5 Å². The molecule has 32 heavy (non-hydrogen) atoms. The predicted octanol–water partition coefficient (Wildman–Crippen LogP) is 8.22. The molecule has 0 saturated heterocycles. The Balaban J connectivity index is 2.85. The zero-order chi connectivity index (χ0) is 24.4. The van der Waals surface area contributed by atoms with Crippen LogP contribution in [-0.4, -0.2) is 31.4 Å². The average molecular weight is 569 g/mol. The van der Waals surface area contributed by atoms with Gasteiger partial charge in [-0.15, -0.1) is 23.2 Å². The molecule has 2 atom stereocenters. The minimum Gasteiger partial charge on any atom is -0.420 e. The molecule has 4 nitrogen and oxygen atoms in total. The fourth-order valence-electron chi connectivity index (χ4n) is 2.75. The molecule has 0 heterocycles. The third-order valence-electron chi connectivity index (χ3n) is 4.55. The topological polar surface area (TPSA) is 52.6 Å². The fourth-order valence-corrected chi connectivity index (χ4v) is 4.73. The number of hydrogen-bond donors (Lipinski definition) is 0. The highest BCUT2D eigenvalue weighted by atomic mass is 35.5. The third-order valence-corrected chi connectivity index (χ3v) is 6.53. The number of esters is 2. The Morgan fingerprint density at radius 3 is 1.44 bits per heavy atom. The van der Waals surface area contributed by atoms with Gasteiger partial charge in [0.05, 0.1) is 0 Å². The minimum atomic E-state index is -1.87. The summed E-state index contributed by atoms with van der Waals surface area (Å²) in [5, 5.41) is -0.787. The van der Waals surface area contributed by atoms with Crippen LogP contribution in [0.4, 0.5) is 0 Å². The van der Waals surface area contributed by atoms with Crippen molar-refractivity contribution >= 4 is 81.5 Å². The van der Waals surface area contributed by atoms with Crippen molar-refractivity contribution in [3.8, 4) is 11.5 Å². The van der Waals surface area contributed by atoms with Crippen molar-refractivity contribution in [1.82, 2.24) is 0 Å². The monoisotopic (exact) mass is 566 g/mol. The second-order valence-corrected chi connectivity index (χ2v) is 11.7. The normalized spacial score (nSPS) is 14.0. The van der Waals surface area contributed by atoms with Crippen molar-refractivity contribution in [2.45, 2.75) is 84.6 Å². The van der Waals surface area contributed by atoms with Crippen molar-refractivity contribution in [3.63, 3.8) is 0 Å². The summed E-state index contributed by atoms with van der Waals surface area (Å²) < 4.78 is 6.89. The lowest BCUT2D eigenvalue weighted by atomic mass is 10.1. The van der Waals surface area contributed by atoms with E-state index in [9.17, 15) is 9.59 Å². The Kier molecular flexibility index (Phi) is 13.4. The number of hydrogen-bond acceptors (Lipinski definition) is 4. The molecule has 2 unspecified atom stereocenters. The molecule has 0 fully saturated rings. The van der Waals surface area contributed by atoms with Crippen LogP contribution >= 0.6 is 69.6 Å². The van der Waals surface area contributed by atoms with Crippen LogP contribution in [0.25, 0.3) is 0 Å². The molecule has 0 bridgehead atoms. The summed E-state index contributed by atoms with van der Waals surface area (Å²) in [5.41, 5.74) is 0. The first-order valence-electron chi connectivity index (χ1n) is 10.5. The molecular weight excluding hydrogens is 541 g/mol. The van der Waals surface area contributed by atoms with Crippen molar-refractivity contribution in [2.24, 2.45) is 0 Å². The first-order valence-corrected chi connectivity index (χ1v) is 12.9. The van der Waals surface area contributed by atoms with E-state index in [0.29, 0.717) is 12.8 Å². The summed E-state index contributed by atoms with van der Waals surface area (Å²) >= 11 is 37.2. The summed E-state index contributed by atoms with van der Waals surface area (Å²) in [6.45, 7) is 4.05. The van der Waals surface area contributed by atoms with Crippen molar-refractivity contribution in [1.29, 1.82) is 0 Å². The minimum absolute atomic E-state index is 0.000202. The van der Waals surface area contributed by atoms with Gasteiger partial charge in [0, 0.05) is 23.6 Å². The molecule has 0 aliphatic rings. The van der Waals surface area contributed by atoms with E-state index >= 15 is 0 Å². The molecule has 1 rings (SSSR count). The molecule has 0 N–H and O–H groups in total. The first-order chi connectivity index (χ1) is 14.9. The van der Waals surface area contributed by atoms with Crippen molar-refractivity contribution < 1.29 is 19.1 Å². The van der Waals surface area contributed by atoms with E-state index < -0.39 is 31.4 Å². The van der Waals surface area contributed by atoms with Crippen LogP contribution < -0.4 is 9.47 Å². The highest BCUT2D eigenvalue weighted by Crippen LogP contribution is 2.37. The Labute approximate surface area is 220 Å². The summed E-state index contributed by atoms with van der Waals surface area (Å²) in [6.07, 6.45) is 4.99. The van der Waals surface area contributed by atoms with Crippen LogP contribution in [0, 0.1) is 0 Å². The summed E-state index contributed by atoms with van der Waals surface area (Å²) in [4.78, 5) is 25.1. The molecule has 0 amide bonds. The van der Waals surface area contributed by atoms with E-state index in [0.717, 1.165) is 25.7 Å². The van der Waals surface area contributed by atoms with Crippen LogP contribution in [-0.2, 0) is 9.59 Å². The molecule has 0 aliphatic heterocycles. The SMILES string of the molecule is CCCCC(Cl)CC(Cl)(Cl)C(=O)Oc1ccccc1OC(=O)C(Cl)(Cl)CC(Cl)CCCC. The third kappa shape index (κ3) is 10.4. The van der Waals surface area contributed by atoms with Gasteiger partial charge in [-0.3, -0.25) is 0 Å². The van der Waals surface area contributed by atoms with E-state index in [1.807, 2.05) is 13.8 Å². The van der Waals surface area contributed by atoms with Gasteiger partial charge in [-0.1, -0.05) is 98.1 Å². The quantitative estimate of drug-likeness (QED) is 0.129. The Hall–Kier alpha value is -0.100. The van der Waals surface area contributed by atoms with Gasteiger partial charge in [0.15, 0.2) is 11.5 Å². The molecule has 1 aromatic rings. The number of unbranched alkanes of at least 4 members (excludes halogenated alkanes) is 2. The van der Waals surface area contributed by atoms with Crippen molar-refractivity contribution in [2.75, 3.05) is 0 Å². The second kappa shape index (κ2) is 14.3. The number of carbonyl (C=O) groups is 2. The summed E-state index contributed by atoms with van der Waals surface area (Å²) in [5.74, 6) is -1.99. The fraction of sp³-hybridized carbons (Fsp3) is 0.636. The van der Waals surface area contributed by atoms with Crippen LogP contribution in [0.1, 0.15) is 65.2 Å². The number of alkyl halides is 6. The number of benzene rings is 1. The number of para-hydroxylation sites is 2. The standard InChI is InChI=1S/C22H28Cl6O4/c1-3-5-9-15(23)13-21(25,26)19(29)31-17-11-7-8-12-18(17)32-20(30)22(27,28)14-16(24)10-6-4-2/h7-8,11-12,15-16H,3-6,9-10,13-14H2,1-2H3. The molecule has 0 aromatic heterocycles. The maximum absolute atomic E-state index is 12.6. The van der Waals surface area contributed by atoms with Gasteiger partial charge in [-0.05, 0) is 25.0 Å². The maximum atomic E-state index is 12.6. The number of carbonyl (C=O) groups excluding carboxylic acids is 2. The molecule has 10 heteroatoms. The Bertz CT molecular complexity index is 680. The van der Waals surface area contributed by atoms with Gasteiger partial charge < -0.3 is 9.47 Å². The van der Waals surface area contributed by atoms with E-state index in [-0.39, 0.29) is 24.3 Å². The summed E-state index contributed by atoms with van der Waals surface area (Å²) in [7, 11) is 0. The van der Waals surface area contributed by atoms with Gasteiger partial charge >= 0.3 is 11.9 Å². The van der Waals surface area contributed by atoms with E-state index in [4.69, 9.17) is 79.1 Å². The average Bonchev–Trinajstić information content (AvgIpc) is 2.71. The van der Waals surface area contributed by atoms with Crippen LogP contribution in [0.2, 0.25) is 0 Å². The van der Waals surface area contributed by atoms with Crippen molar-refractivity contribution in [3.05, 3.63) is 24.3 Å². The van der Waals surface area contributed by atoms with Crippen LogP contribution in [0.15, 0.2) is 24.3 Å². The van der Waals surface area contributed by atoms with Gasteiger partial charge in [0.25, 0.3) is 0 Å². The molecule has 0 spiro atoms. The predicted molar refractivity (Wildman–Crippen MR) is 134 cm³/mol. The smallest absolute Gasteiger partial charge is 0.348 e. The maximum Gasteiger partial charge on any atom is 0.348 e. The summed E-state index contributed by atoms with van der Waals surface area (Å²) in [6, 6.07) is 6.03. The largest absolute Gasteiger partial charge is 0.420 e. The van der Waals surface area contributed by atoms with Gasteiger partial charge in [-0.25, -0.2) is 9.59 Å². The molecule has 182 valence electrons. The molecule has 0 saturated carbocycles. The molecule has 0 radical (unpaired) electrons.